The van der Waals surface area contributed by atoms with Gasteiger partial charge in [-0.15, -0.1) is 0 Å². The van der Waals surface area contributed by atoms with Crippen LogP contribution in [0.4, 0.5) is 10.5 Å². The molecule has 0 aromatic heterocycles. The Kier molecular flexibility index (Phi) is 5.09. The number of hydrogen-bond acceptors (Lipinski definition) is 4. The van der Waals surface area contributed by atoms with E-state index >= 15 is 0 Å². The van der Waals surface area contributed by atoms with Crippen molar-refractivity contribution in [1.82, 2.24) is 5.32 Å². The lowest BCUT2D eigenvalue weighted by atomic mass is 10.1. The third-order valence-electron chi connectivity index (χ3n) is 4.23. The van der Waals surface area contributed by atoms with Gasteiger partial charge >= 0.3 is 6.03 Å². The molecule has 1 aliphatic heterocycles. The number of nitrogens with one attached hydrogen (secondary N) is 2. The first kappa shape index (κ1) is 17.1. The second kappa shape index (κ2) is 7.44. The van der Waals surface area contributed by atoms with Gasteiger partial charge in [-0.05, 0) is 48.4 Å². The molecule has 6 nitrogen and oxygen atoms in total. The molecule has 2 amide bonds. The number of benzene rings is 2. The van der Waals surface area contributed by atoms with Crippen molar-refractivity contribution in [3.63, 3.8) is 0 Å². The van der Waals surface area contributed by atoms with Crippen LogP contribution in [0.5, 0.6) is 11.5 Å². The van der Waals surface area contributed by atoms with Crippen LogP contribution in [0.2, 0.25) is 0 Å². The largest absolute Gasteiger partial charge is 0.497 e. The Balaban J connectivity index is 1.68. The summed E-state index contributed by atoms with van der Waals surface area (Å²) in [6, 6.07) is 10.8. The Labute approximate surface area is 147 Å². The molecular formula is C19H22N2O4. The van der Waals surface area contributed by atoms with E-state index in [4.69, 9.17) is 14.2 Å². The number of rotatable bonds is 5. The van der Waals surface area contributed by atoms with E-state index in [-0.39, 0.29) is 12.1 Å². The van der Waals surface area contributed by atoms with E-state index < -0.39 is 0 Å². The maximum Gasteiger partial charge on any atom is 0.319 e. The highest BCUT2D eigenvalue weighted by Crippen LogP contribution is 2.29. The second-order valence-corrected chi connectivity index (χ2v) is 5.90. The average Bonchev–Trinajstić information content (AvgIpc) is 3.08. The van der Waals surface area contributed by atoms with Gasteiger partial charge in [-0.25, -0.2) is 4.79 Å². The van der Waals surface area contributed by atoms with E-state index in [0.717, 1.165) is 16.8 Å². The fourth-order valence-corrected chi connectivity index (χ4v) is 2.87. The van der Waals surface area contributed by atoms with Gasteiger partial charge in [-0.3, -0.25) is 0 Å². The summed E-state index contributed by atoms with van der Waals surface area (Å²) in [5, 5.41) is 5.78. The van der Waals surface area contributed by atoms with Gasteiger partial charge in [-0.2, -0.15) is 0 Å². The molecule has 0 unspecified atom stereocenters. The quantitative estimate of drug-likeness (QED) is 0.871. The van der Waals surface area contributed by atoms with Gasteiger partial charge in [0.1, 0.15) is 11.5 Å². The van der Waals surface area contributed by atoms with Crippen LogP contribution in [-0.2, 0) is 18.0 Å². The fourth-order valence-electron chi connectivity index (χ4n) is 2.87. The first-order valence-corrected chi connectivity index (χ1v) is 8.09. The van der Waals surface area contributed by atoms with Gasteiger partial charge in [0.05, 0.1) is 33.5 Å². The summed E-state index contributed by atoms with van der Waals surface area (Å²) in [4.78, 5) is 12.3. The third-order valence-corrected chi connectivity index (χ3v) is 4.23. The molecule has 0 spiro atoms. The average molecular weight is 342 g/mol. The number of hydrogen-bond donors (Lipinski definition) is 2. The predicted molar refractivity (Wildman–Crippen MR) is 95.1 cm³/mol. The van der Waals surface area contributed by atoms with E-state index in [0.29, 0.717) is 24.7 Å². The number of carbonyl (C=O) groups is 1. The van der Waals surface area contributed by atoms with Crippen LogP contribution in [0.15, 0.2) is 36.4 Å². The molecule has 0 aliphatic carbocycles. The highest BCUT2D eigenvalue weighted by Gasteiger charge is 2.16. The Morgan fingerprint density at radius 3 is 2.64 bits per heavy atom. The zero-order chi connectivity index (χ0) is 17.8. The Morgan fingerprint density at radius 2 is 1.88 bits per heavy atom. The monoisotopic (exact) mass is 342 g/mol. The molecule has 2 aromatic carbocycles. The molecular weight excluding hydrogens is 320 g/mol. The van der Waals surface area contributed by atoms with E-state index in [1.165, 1.54) is 5.56 Å². The minimum atomic E-state index is -0.281. The van der Waals surface area contributed by atoms with Crippen molar-refractivity contribution in [3.8, 4) is 11.5 Å². The molecule has 0 bridgehead atoms. The van der Waals surface area contributed by atoms with Crippen LogP contribution in [0.1, 0.15) is 29.7 Å². The first-order chi connectivity index (χ1) is 12.1. The summed E-state index contributed by atoms with van der Waals surface area (Å²) in [6.45, 7) is 3.12. The summed E-state index contributed by atoms with van der Waals surface area (Å²) in [5.74, 6) is 1.41. The number of ether oxygens (including phenoxy) is 3. The van der Waals surface area contributed by atoms with Crippen LogP contribution in [-0.4, -0.2) is 20.3 Å². The summed E-state index contributed by atoms with van der Waals surface area (Å²) < 4.78 is 16.0. The molecule has 1 heterocycles. The minimum Gasteiger partial charge on any atom is -0.497 e. The fraction of sp³-hybridized carbons (Fsp3) is 0.316. The van der Waals surface area contributed by atoms with Gasteiger partial charge in [0.15, 0.2) is 0 Å². The zero-order valence-electron chi connectivity index (χ0n) is 14.6. The molecule has 0 saturated carbocycles. The molecule has 2 N–H and O–H groups in total. The van der Waals surface area contributed by atoms with Crippen LogP contribution in [0.25, 0.3) is 0 Å². The standard InChI is InChI=1S/C19H22N2O4/c1-12(17-9-16(23-2)6-7-18(17)24-3)20-19(22)21-15-5-4-13-10-25-11-14(13)8-15/h4-9,12H,10-11H2,1-3H3,(H2,20,21,22)/t12-/m1/s1. The van der Waals surface area contributed by atoms with Crippen molar-refractivity contribution in [3.05, 3.63) is 53.1 Å². The number of amides is 2. The van der Waals surface area contributed by atoms with Gasteiger partial charge in [0.2, 0.25) is 0 Å². The van der Waals surface area contributed by atoms with Crippen LogP contribution in [0, 0.1) is 0 Å². The molecule has 0 radical (unpaired) electrons. The molecule has 1 aliphatic rings. The Bertz CT molecular complexity index is 776. The molecule has 3 rings (SSSR count). The molecule has 25 heavy (non-hydrogen) atoms. The van der Waals surface area contributed by atoms with Crippen molar-refractivity contribution in [1.29, 1.82) is 0 Å². The normalized spacial score (nSPS) is 13.7. The Morgan fingerprint density at radius 1 is 1.08 bits per heavy atom. The summed E-state index contributed by atoms with van der Waals surface area (Å²) in [7, 11) is 3.21. The van der Waals surface area contributed by atoms with Gasteiger partial charge in [0.25, 0.3) is 0 Å². The highest BCUT2D eigenvalue weighted by atomic mass is 16.5. The topological polar surface area (TPSA) is 68.8 Å². The van der Waals surface area contributed by atoms with Crippen LogP contribution < -0.4 is 20.1 Å². The van der Waals surface area contributed by atoms with Crippen molar-refractivity contribution in [2.75, 3.05) is 19.5 Å². The summed E-state index contributed by atoms with van der Waals surface area (Å²) in [5.41, 5.74) is 3.87. The first-order valence-electron chi connectivity index (χ1n) is 8.09. The molecule has 0 saturated heterocycles. The number of carbonyl (C=O) groups excluding carboxylic acids is 1. The molecule has 2 aromatic rings. The highest BCUT2D eigenvalue weighted by molar-refractivity contribution is 5.89. The van der Waals surface area contributed by atoms with E-state index in [2.05, 4.69) is 10.6 Å². The van der Waals surface area contributed by atoms with Gasteiger partial charge < -0.3 is 24.8 Å². The molecule has 0 fully saturated rings. The lowest BCUT2D eigenvalue weighted by Crippen LogP contribution is -2.31. The molecule has 132 valence electrons. The number of anilines is 1. The van der Waals surface area contributed by atoms with Crippen molar-refractivity contribution >= 4 is 11.7 Å². The number of methoxy groups -OCH3 is 2. The van der Waals surface area contributed by atoms with Crippen LogP contribution in [0.3, 0.4) is 0 Å². The van der Waals surface area contributed by atoms with E-state index in [9.17, 15) is 4.79 Å². The van der Waals surface area contributed by atoms with Crippen molar-refractivity contribution in [2.24, 2.45) is 0 Å². The molecule has 6 heteroatoms. The minimum absolute atomic E-state index is 0.247. The predicted octanol–water partition coefficient (Wildman–Crippen LogP) is 3.62. The number of urea groups is 1. The lowest BCUT2D eigenvalue weighted by Gasteiger charge is -2.18. The third kappa shape index (κ3) is 3.85. The van der Waals surface area contributed by atoms with E-state index in [1.54, 1.807) is 14.2 Å². The van der Waals surface area contributed by atoms with Gasteiger partial charge in [0, 0.05) is 11.3 Å². The maximum atomic E-state index is 12.3. The van der Waals surface area contributed by atoms with Crippen molar-refractivity contribution < 1.29 is 19.0 Å². The number of fused-ring (bicyclic) bond motifs is 1. The lowest BCUT2D eigenvalue weighted by molar-refractivity contribution is 0.134. The Hall–Kier alpha value is -2.73. The van der Waals surface area contributed by atoms with Gasteiger partial charge in [-0.1, -0.05) is 6.07 Å². The zero-order valence-corrected chi connectivity index (χ0v) is 14.6. The van der Waals surface area contributed by atoms with Crippen molar-refractivity contribution in [2.45, 2.75) is 26.2 Å². The summed E-state index contributed by atoms with van der Waals surface area (Å²) in [6.07, 6.45) is 0. The second-order valence-electron chi connectivity index (χ2n) is 5.90. The maximum absolute atomic E-state index is 12.3. The molecule has 1 atom stereocenters. The van der Waals surface area contributed by atoms with Crippen LogP contribution >= 0.6 is 0 Å². The SMILES string of the molecule is COc1ccc(OC)c([C@@H](C)NC(=O)Nc2ccc3c(c2)COC3)c1. The summed E-state index contributed by atoms with van der Waals surface area (Å²) >= 11 is 0. The smallest absolute Gasteiger partial charge is 0.319 e. The van der Waals surface area contributed by atoms with E-state index in [1.807, 2.05) is 43.3 Å².